The third-order valence-electron chi connectivity index (χ3n) is 6.61. The van der Waals surface area contributed by atoms with Crippen molar-refractivity contribution in [2.24, 2.45) is 27.9 Å². The standard InChI is InChI=1S/C27H39N9O8/c28-16(5-3-11-32-27(30)31)23(40)34-18(7-9-21(29)37)24(41)36-20(12-14-13-33-17-6-2-1-4-15(14)17)25(42)35-19(26(43)44)8-10-22(38)39/h1-2,4,6,13,16,18-20,33H,3,5,7-12,28H2,(H2,29,37)(H,34,40)(H,35,42)(H,36,41)(H,38,39)(H,43,44)(H4,30,31,32). The Balaban J connectivity index is 2.28. The maximum atomic E-state index is 13.4. The number of hydrogen-bond donors (Lipinski definition) is 10. The molecular formula is C27H39N9O8. The van der Waals surface area contributed by atoms with E-state index in [4.69, 9.17) is 28.0 Å². The van der Waals surface area contributed by atoms with E-state index in [9.17, 15) is 33.9 Å². The fourth-order valence-electron chi connectivity index (χ4n) is 4.28. The van der Waals surface area contributed by atoms with Gasteiger partial charge in [0.1, 0.15) is 18.1 Å². The van der Waals surface area contributed by atoms with E-state index < -0.39 is 72.6 Å². The summed E-state index contributed by atoms with van der Waals surface area (Å²) in [6, 6.07) is 1.85. The van der Waals surface area contributed by atoms with Gasteiger partial charge >= 0.3 is 11.9 Å². The van der Waals surface area contributed by atoms with Crippen LogP contribution in [0, 0.1) is 0 Å². The fraction of sp³-hybridized carbons (Fsp3) is 0.444. The maximum Gasteiger partial charge on any atom is 0.326 e. The van der Waals surface area contributed by atoms with Crippen LogP contribution in [-0.4, -0.2) is 87.4 Å². The molecule has 0 aliphatic carbocycles. The van der Waals surface area contributed by atoms with Gasteiger partial charge < -0.3 is 54.1 Å². The smallest absolute Gasteiger partial charge is 0.326 e. The lowest BCUT2D eigenvalue weighted by Crippen LogP contribution is -2.57. The Hall–Kier alpha value is -5.19. The van der Waals surface area contributed by atoms with Crippen molar-refractivity contribution in [3.05, 3.63) is 36.0 Å². The second-order valence-electron chi connectivity index (χ2n) is 10.1. The number of primary amides is 1. The number of nitrogens with two attached hydrogens (primary N) is 4. The lowest BCUT2D eigenvalue weighted by molar-refractivity contribution is -0.143. The number of aliphatic imine (C=N–C) groups is 1. The van der Waals surface area contributed by atoms with Crippen LogP contribution in [0.3, 0.4) is 0 Å². The molecule has 2 aromatic rings. The topological polar surface area (TPSA) is 311 Å². The van der Waals surface area contributed by atoms with Crippen molar-refractivity contribution in [3.63, 3.8) is 0 Å². The predicted molar refractivity (Wildman–Crippen MR) is 159 cm³/mol. The number of carboxylic acids is 2. The van der Waals surface area contributed by atoms with Crippen molar-refractivity contribution >= 4 is 52.4 Å². The summed E-state index contributed by atoms with van der Waals surface area (Å²) in [5, 5.41) is 26.5. The van der Waals surface area contributed by atoms with Gasteiger partial charge in [0.05, 0.1) is 6.04 Å². The van der Waals surface area contributed by atoms with E-state index in [1.807, 2.05) is 0 Å². The van der Waals surface area contributed by atoms with E-state index in [0.717, 1.165) is 10.9 Å². The molecule has 17 nitrogen and oxygen atoms in total. The second kappa shape index (κ2) is 17.1. The lowest BCUT2D eigenvalue weighted by atomic mass is 10.0. The van der Waals surface area contributed by atoms with Crippen LogP contribution in [0.15, 0.2) is 35.5 Å². The molecule has 14 N–H and O–H groups in total. The van der Waals surface area contributed by atoms with E-state index in [2.05, 4.69) is 25.9 Å². The van der Waals surface area contributed by atoms with Crippen LogP contribution in [0.25, 0.3) is 10.9 Å². The summed E-state index contributed by atoms with van der Waals surface area (Å²) in [5.41, 5.74) is 23.1. The number of nitrogens with one attached hydrogen (secondary N) is 4. The highest BCUT2D eigenvalue weighted by molar-refractivity contribution is 5.95. The van der Waals surface area contributed by atoms with Crippen molar-refractivity contribution in [2.75, 3.05) is 6.54 Å². The average molecular weight is 618 g/mol. The number of aromatic amines is 1. The Labute approximate surface area is 252 Å². The Morgan fingerprint density at radius 2 is 1.43 bits per heavy atom. The van der Waals surface area contributed by atoms with Crippen molar-refractivity contribution in [2.45, 2.75) is 69.1 Å². The Morgan fingerprint density at radius 3 is 2.07 bits per heavy atom. The fourth-order valence-corrected chi connectivity index (χ4v) is 4.28. The summed E-state index contributed by atoms with van der Waals surface area (Å²) in [4.78, 5) is 80.7. The molecule has 0 saturated heterocycles. The van der Waals surface area contributed by atoms with Gasteiger partial charge in [-0.05, 0) is 37.3 Å². The number of aromatic nitrogens is 1. The third-order valence-corrected chi connectivity index (χ3v) is 6.61. The Kier molecular flexibility index (Phi) is 13.6. The molecular weight excluding hydrogens is 578 g/mol. The number of fused-ring (bicyclic) bond motifs is 1. The van der Waals surface area contributed by atoms with Gasteiger partial charge in [-0.3, -0.25) is 29.0 Å². The zero-order valence-corrected chi connectivity index (χ0v) is 24.0. The van der Waals surface area contributed by atoms with Crippen LogP contribution in [0.1, 0.15) is 44.1 Å². The summed E-state index contributed by atoms with van der Waals surface area (Å²) < 4.78 is 0. The van der Waals surface area contributed by atoms with Crippen LogP contribution in [0.4, 0.5) is 0 Å². The molecule has 0 spiro atoms. The van der Waals surface area contributed by atoms with Crippen molar-refractivity contribution < 1.29 is 39.0 Å². The summed E-state index contributed by atoms with van der Waals surface area (Å²) in [5.74, 6) is -6.05. The Morgan fingerprint density at radius 1 is 0.818 bits per heavy atom. The summed E-state index contributed by atoms with van der Waals surface area (Å²) in [6.45, 7) is 0.226. The van der Waals surface area contributed by atoms with Crippen LogP contribution in [0.2, 0.25) is 0 Å². The van der Waals surface area contributed by atoms with E-state index in [0.29, 0.717) is 12.0 Å². The minimum atomic E-state index is -1.55. The molecule has 4 unspecified atom stereocenters. The van der Waals surface area contributed by atoms with Crippen LogP contribution < -0.4 is 38.9 Å². The van der Waals surface area contributed by atoms with Crippen LogP contribution in [0.5, 0.6) is 0 Å². The van der Waals surface area contributed by atoms with Crippen molar-refractivity contribution in [1.29, 1.82) is 0 Å². The van der Waals surface area contributed by atoms with Gasteiger partial charge in [0.15, 0.2) is 5.96 Å². The van der Waals surface area contributed by atoms with E-state index in [1.54, 1.807) is 30.5 Å². The number of hydrogen-bond acceptors (Lipinski definition) is 8. The number of amides is 4. The zero-order chi connectivity index (χ0) is 32.8. The molecule has 240 valence electrons. The number of carboxylic acid groups (broad SMARTS) is 2. The van der Waals surface area contributed by atoms with E-state index in [1.165, 1.54) is 0 Å². The monoisotopic (exact) mass is 617 g/mol. The van der Waals surface area contributed by atoms with Gasteiger partial charge in [-0.25, -0.2) is 4.79 Å². The average Bonchev–Trinajstić information content (AvgIpc) is 3.36. The highest BCUT2D eigenvalue weighted by Gasteiger charge is 2.31. The minimum Gasteiger partial charge on any atom is -0.481 e. The number of para-hydroxylation sites is 1. The SMILES string of the molecule is NC(=O)CCC(NC(=O)C(N)CCCN=C(N)N)C(=O)NC(Cc1c[nH]c2ccccc12)C(=O)NC(CCC(=O)O)C(=O)O. The first-order valence-electron chi connectivity index (χ1n) is 13.8. The molecule has 0 radical (unpaired) electrons. The zero-order valence-electron chi connectivity index (χ0n) is 24.0. The molecule has 0 aliphatic rings. The van der Waals surface area contributed by atoms with Crippen molar-refractivity contribution in [3.8, 4) is 0 Å². The number of benzene rings is 1. The van der Waals surface area contributed by atoms with Gasteiger partial charge in [-0.15, -0.1) is 0 Å². The number of rotatable bonds is 19. The quantitative estimate of drug-likeness (QED) is 0.0456. The molecule has 0 saturated carbocycles. The van der Waals surface area contributed by atoms with Crippen molar-refractivity contribution in [1.82, 2.24) is 20.9 Å². The summed E-state index contributed by atoms with van der Waals surface area (Å²) in [6.07, 6.45) is 0.638. The number of carbonyl (C=O) groups is 6. The molecule has 44 heavy (non-hydrogen) atoms. The van der Waals surface area contributed by atoms with Gasteiger partial charge in [0.2, 0.25) is 23.6 Å². The summed E-state index contributed by atoms with van der Waals surface area (Å²) in [7, 11) is 0. The molecule has 4 atom stereocenters. The molecule has 1 aromatic heterocycles. The third kappa shape index (κ3) is 11.6. The van der Waals surface area contributed by atoms with Gasteiger partial charge in [-0.2, -0.15) is 0 Å². The molecule has 1 aromatic carbocycles. The minimum absolute atomic E-state index is 0.104. The highest BCUT2D eigenvalue weighted by atomic mass is 16.4. The number of nitrogens with zero attached hydrogens (tertiary/aromatic N) is 1. The summed E-state index contributed by atoms with van der Waals surface area (Å²) >= 11 is 0. The first-order chi connectivity index (χ1) is 20.8. The largest absolute Gasteiger partial charge is 0.481 e. The molecule has 17 heteroatoms. The number of guanidine groups is 1. The van der Waals surface area contributed by atoms with Gasteiger partial charge in [0.25, 0.3) is 0 Å². The molecule has 2 rings (SSSR count). The Bertz CT molecular complexity index is 1370. The normalized spacial score (nSPS) is 13.6. The number of carbonyl (C=O) groups excluding carboxylic acids is 4. The van der Waals surface area contributed by atoms with Crippen LogP contribution >= 0.6 is 0 Å². The highest BCUT2D eigenvalue weighted by Crippen LogP contribution is 2.19. The number of H-pyrrole nitrogens is 1. The van der Waals surface area contributed by atoms with Gasteiger partial charge in [0, 0.05) is 42.9 Å². The van der Waals surface area contributed by atoms with Gasteiger partial charge in [-0.1, -0.05) is 18.2 Å². The second-order valence-corrected chi connectivity index (χ2v) is 10.1. The molecule has 0 aliphatic heterocycles. The lowest BCUT2D eigenvalue weighted by Gasteiger charge is -2.25. The maximum absolute atomic E-state index is 13.4. The first kappa shape index (κ1) is 35.0. The molecule has 4 amide bonds. The van der Waals surface area contributed by atoms with Crippen LogP contribution in [-0.2, 0) is 35.2 Å². The predicted octanol–water partition coefficient (Wildman–Crippen LogP) is -2.24. The molecule has 0 fully saturated rings. The van der Waals surface area contributed by atoms with E-state index in [-0.39, 0.29) is 38.2 Å². The van der Waals surface area contributed by atoms with E-state index >= 15 is 0 Å². The molecule has 1 heterocycles. The number of aliphatic carboxylic acids is 2. The molecule has 0 bridgehead atoms. The first-order valence-corrected chi connectivity index (χ1v) is 13.8.